The molecule has 1 aliphatic carbocycles. The molecule has 14 heteroatoms. The third-order valence-electron chi connectivity index (χ3n) is 14.1. The lowest BCUT2D eigenvalue weighted by Gasteiger charge is -2.42. The van der Waals surface area contributed by atoms with Crippen molar-refractivity contribution in [2.75, 3.05) is 27.9 Å². The zero-order chi connectivity index (χ0) is 47.3. The van der Waals surface area contributed by atoms with Gasteiger partial charge in [0.2, 0.25) is 0 Å². The first-order chi connectivity index (χ1) is 30.3. The molecule has 3 aliphatic heterocycles. The van der Waals surface area contributed by atoms with E-state index in [0.29, 0.717) is 63.4 Å². The molecule has 0 unspecified atom stereocenters. The molecule has 0 spiro atoms. The van der Waals surface area contributed by atoms with E-state index < -0.39 is 72.2 Å². The normalized spacial score (nSPS) is 38.2. The van der Waals surface area contributed by atoms with Gasteiger partial charge in [-0.1, -0.05) is 64.2 Å². The van der Waals surface area contributed by atoms with Crippen LogP contribution in [0.4, 0.5) is 0 Å². The Morgan fingerprint density at radius 2 is 1.55 bits per heavy atom. The number of ketones is 2. The van der Waals surface area contributed by atoms with E-state index in [1.165, 1.54) is 7.11 Å². The molecule has 3 fully saturated rings. The second-order valence-electron chi connectivity index (χ2n) is 19.3. The summed E-state index contributed by atoms with van der Waals surface area (Å²) < 4.78 is 29.3. The van der Waals surface area contributed by atoms with Crippen LogP contribution in [-0.2, 0) is 42.9 Å². The van der Waals surface area contributed by atoms with E-state index >= 15 is 0 Å². The number of ether oxygens (including phenoxy) is 5. The highest BCUT2D eigenvalue weighted by Crippen LogP contribution is 2.36. The van der Waals surface area contributed by atoms with Crippen molar-refractivity contribution in [3.8, 4) is 0 Å². The lowest BCUT2D eigenvalue weighted by Crippen LogP contribution is -2.63. The molecule has 3 heterocycles. The van der Waals surface area contributed by atoms with Crippen molar-refractivity contribution in [3.63, 3.8) is 0 Å². The number of carbonyl (C=O) groups excluding carboxylic acids is 4. The van der Waals surface area contributed by atoms with Gasteiger partial charge in [-0.15, -0.1) is 0 Å². The van der Waals surface area contributed by atoms with Crippen molar-refractivity contribution in [2.24, 2.45) is 29.6 Å². The maximum Gasteiger partial charge on any atom is 0.329 e. The summed E-state index contributed by atoms with van der Waals surface area (Å²) in [6.07, 6.45) is 11.2. The summed E-state index contributed by atoms with van der Waals surface area (Å²) in [6.45, 7) is 11.6. The number of piperidine rings is 1. The van der Waals surface area contributed by atoms with Gasteiger partial charge in [0.15, 0.2) is 5.78 Å². The van der Waals surface area contributed by atoms with Gasteiger partial charge in [0.25, 0.3) is 17.5 Å². The largest absolute Gasteiger partial charge is 0.461 e. The van der Waals surface area contributed by atoms with E-state index in [2.05, 4.69) is 0 Å². The van der Waals surface area contributed by atoms with Crippen LogP contribution in [0.15, 0.2) is 47.6 Å². The molecule has 64 heavy (non-hydrogen) atoms. The number of carbonyl (C=O) groups is 4. The quantitative estimate of drug-likeness (QED) is 0.144. The zero-order valence-electron chi connectivity index (χ0n) is 39.9. The van der Waals surface area contributed by atoms with Crippen LogP contribution in [0.25, 0.3) is 0 Å². The fourth-order valence-corrected chi connectivity index (χ4v) is 10.1. The van der Waals surface area contributed by atoms with Gasteiger partial charge >= 0.3 is 5.97 Å². The average molecular weight is 902 g/mol. The number of Topliss-reactive ketones (excluding diaryl/α,β-unsaturated/α-hetero) is 2. The van der Waals surface area contributed by atoms with Gasteiger partial charge in [0.05, 0.1) is 24.4 Å². The summed E-state index contributed by atoms with van der Waals surface area (Å²) in [7, 11) is 4.57. The minimum absolute atomic E-state index is 0.000815. The third kappa shape index (κ3) is 14.2. The maximum atomic E-state index is 14.3. The highest BCUT2D eigenvalue weighted by Gasteiger charge is 2.54. The lowest BCUT2D eigenvalue weighted by atomic mass is 9.78. The van der Waals surface area contributed by atoms with Gasteiger partial charge < -0.3 is 49.0 Å². The topological polar surface area (TPSA) is 199 Å². The molecule has 0 aromatic rings. The molecule has 4 aliphatic rings. The van der Waals surface area contributed by atoms with E-state index in [-0.39, 0.29) is 67.3 Å². The molecule has 1 saturated carbocycles. The standard InChI is InChI=1S/C50H79NO13/c1-30-15-11-10-12-16-32(3)41(60-7)29-37-20-23-43(53)50(59,64-37)47(56)48(57)51-24-14-13-17-38(51)49(58)63-40(33(4)27-36-19-21-39(52)42(28-36)61-8)22-18-31(2)26-35(6)45(55)46(62-9)44(54)34(5)25-30/h10-12,15-16,26,30-31,33-34,36-43,45-46,52-53,55,59H,13-14,17-25,27-29H2,1-9H3/t30-,31+,33-,34-,36+,37+,38+,39-,40+,41+,42-,43-,45-,46+,50-/m1/s1. The Kier molecular flexibility index (Phi) is 21.0. The van der Waals surface area contributed by atoms with Crippen LogP contribution in [-0.4, -0.2) is 137 Å². The van der Waals surface area contributed by atoms with Crippen LogP contribution in [0.1, 0.15) is 125 Å². The predicted molar refractivity (Wildman–Crippen MR) is 242 cm³/mol. The molecular formula is C50H79NO13. The van der Waals surface area contributed by atoms with Gasteiger partial charge in [0, 0.05) is 40.2 Å². The summed E-state index contributed by atoms with van der Waals surface area (Å²) in [5.41, 5.74) is 1.43. The Morgan fingerprint density at radius 3 is 2.23 bits per heavy atom. The molecule has 4 N–H and O–H groups in total. The van der Waals surface area contributed by atoms with Crippen molar-refractivity contribution in [1.29, 1.82) is 0 Å². The van der Waals surface area contributed by atoms with E-state index in [9.17, 15) is 39.6 Å². The van der Waals surface area contributed by atoms with E-state index in [1.54, 1.807) is 21.1 Å². The number of hydrogen-bond acceptors (Lipinski definition) is 13. The number of cyclic esters (lactones) is 1. The fourth-order valence-electron chi connectivity index (χ4n) is 10.1. The molecule has 0 aromatic heterocycles. The second-order valence-corrected chi connectivity index (χ2v) is 19.3. The summed E-state index contributed by atoms with van der Waals surface area (Å²) in [6, 6.07) is -1.10. The Bertz CT molecular complexity index is 1680. The SMILES string of the molecule is CO[C@H]1C[C@@H]2CC[C@@H](O)[C@@](O)(O2)C(=O)C(=O)N2CCCC[C@H]2C(=O)O[C@H]([C@H](C)C[C@@H]2CC[C@@H](O)[C@H](OC)C2)CC[C@H](C)C=C(C)[C@@H](O)[C@@H](OC)C(=O)[C@H](C)C[C@H](C)C=CC=CC=C1C. The summed E-state index contributed by atoms with van der Waals surface area (Å²) in [5.74, 6) is -6.47. The molecule has 2 saturated heterocycles. The van der Waals surface area contributed by atoms with Gasteiger partial charge in [-0.2, -0.15) is 0 Å². The van der Waals surface area contributed by atoms with E-state index in [1.807, 2.05) is 71.1 Å². The predicted octanol–water partition coefficient (Wildman–Crippen LogP) is 5.73. The summed E-state index contributed by atoms with van der Waals surface area (Å²) in [4.78, 5) is 57.3. The number of aliphatic hydroxyl groups is 4. The molecule has 0 radical (unpaired) electrons. The molecule has 4 rings (SSSR count). The lowest BCUT2D eigenvalue weighted by molar-refractivity contribution is -0.282. The van der Waals surface area contributed by atoms with Crippen LogP contribution < -0.4 is 0 Å². The molecule has 2 bridgehead atoms. The van der Waals surface area contributed by atoms with Crippen molar-refractivity contribution >= 4 is 23.4 Å². The monoisotopic (exact) mass is 902 g/mol. The highest BCUT2D eigenvalue weighted by atomic mass is 16.7. The van der Waals surface area contributed by atoms with Gasteiger partial charge in [-0.3, -0.25) is 14.4 Å². The first-order valence-electron chi connectivity index (χ1n) is 23.7. The van der Waals surface area contributed by atoms with Crippen LogP contribution in [0.2, 0.25) is 0 Å². The molecule has 14 nitrogen and oxygen atoms in total. The number of fused-ring (bicyclic) bond motifs is 3. The number of allylic oxidation sites excluding steroid dienone is 6. The van der Waals surface area contributed by atoms with Crippen LogP contribution in [0.3, 0.4) is 0 Å². The number of hydrogen-bond donors (Lipinski definition) is 4. The van der Waals surface area contributed by atoms with Crippen LogP contribution >= 0.6 is 0 Å². The molecule has 1 amide bonds. The second kappa shape index (κ2) is 25.2. The molecule has 15 atom stereocenters. The summed E-state index contributed by atoms with van der Waals surface area (Å²) >= 11 is 0. The highest BCUT2D eigenvalue weighted by molar-refractivity contribution is 6.39. The number of aliphatic hydroxyl groups excluding tert-OH is 3. The third-order valence-corrected chi connectivity index (χ3v) is 14.1. The van der Waals surface area contributed by atoms with E-state index in [0.717, 1.165) is 16.9 Å². The smallest absolute Gasteiger partial charge is 0.329 e. The van der Waals surface area contributed by atoms with Gasteiger partial charge in [-0.25, -0.2) is 4.79 Å². The van der Waals surface area contributed by atoms with Gasteiger partial charge in [0.1, 0.15) is 30.5 Å². The first-order valence-corrected chi connectivity index (χ1v) is 23.7. The van der Waals surface area contributed by atoms with Crippen LogP contribution in [0.5, 0.6) is 0 Å². The van der Waals surface area contributed by atoms with Crippen molar-refractivity contribution in [2.45, 2.75) is 186 Å². The Balaban J connectivity index is 1.67. The Labute approximate surface area is 381 Å². The minimum Gasteiger partial charge on any atom is -0.461 e. The fraction of sp³-hybridized carbons (Fsp3) is 0.760. The Hall–Kier alpha value is -3.08. The number of amides is 1. The van der Waals surface area contributed by atoms with Crippen molar-refractivity contribution in [3.05, 3.63) is 47.6 Å². The average Bonchev–Trinajstić information content (AvgIpc) is 3.27. The zero-order valence-corrected chi connectivity index (χ0v) is 39.9. The molecule has 362 valence electrons. The van der Waals surface area contributed by atoms with Crippen molar-refractivity contribution < 1.29 is 63.3 Å². The van der Waals surface area contributed by atoms with Crippen molar-refractivity contribution in [1.82, 2.24) is 4.90 Å². The molecule has 0 aromatic carbocycles. The number of rotatable bonds is 6. The number of esters is 1. The number of methoxy groups -OCH3 is 3. The Morgan fingerprint density at radius 1 is 0.812 bits per heavy atom. The number of nitrogens with zero attached hydrogens (tertiary/aromatic N) is 1. The first kappa shape index (κ1) is 53.5. The van der Waals surface area contributed by atoms with Gasteiger partial charge in [-0.05, 0) is 126 Å². The van der Waals surface area contributed by atoms with Crippen LogP contribution in [0, 0.1) is 29.6 Å². The van der Waals surface area contributed by atoms with E-state index in [4.69, 9.17) is 23.7 Å². The minimum atomic E-state index is -2.82. The maximum absolute atomic E-state index is 14.3. The molecular weight excluding hydrogens is 823 g/mol. The summed E-state index contributed by atoms with van der Waals surface area (Å²) in [5, 5.41) is 44.6.